The van der Waals surface area contributed by atoms with Gasteiger partial charge in [0.2, 0.25) is 0 Å². The second kappa shape index (κ2) is 6.22. The first-order valence-electron chi connectivity index (χ1n) is 6.92. The molecule has 0 saturated carbocycles. The Morgan fingerprint density at radius 1 is 1.22 bits per heavy atom. The molecule has 0 saturated heterocycles. The third kappa shape index (κ3) is 3.19. The van der Waals surface area contributed by atoms with E-state index in [-0.39, 0.29) is 11.7 Å². The van der Waals surface area contributed by atoms with E-state index in [9.17, 15) is 9.18 Å². The van der Waals surface area contributed by atoms with Crippen LogP contribution in [0.1, 0.15) is 16.1 Å². The Morgan fingerprint density at radius 2 is 2.00 bits per heavy atom. The van der Waals surface area contributed by atoms with E-state index < -0.39 is 0 Å². The number of amides is 1. The van der Waals surface area contributed by atoms with Crippen molar-refractivity contribution in [2.24, 2.45) is 0 Å². The number of fused-ring (bicyclic) bond motifs is 1. The molecule has 118 valence electrons. The monoisotopic (exact) mass is 350 g/mol. The number of hydrogen-bond donors (Lipinski definition) is 1. The van der Waals surface area contributed by atoms with Gasteiger partial charge in [0.05, 0.1) is 10.0 Å². The minimum atomic E-state index is -0.338. The maximum Gasteiger partial charge on any atom is 0.270 e. The third-order valence-corrected chi connectivity index (χ3v) is 4.46. The molecule has 3 aromatic rings. The molecule has 3 nitrogen and oxygen atoms in total. The molecule has 1 amide bonds. The molecular weight excluding hydrogens is 338 g/mol. The molecule has 0 atom stereocenters. The summed E-state index contributed by atoms with van der Waals surface area (Å²) in [5.74, 6) is -0.549. The molecule has 1 N–H and O–H groups in total. The quantitative estimate of drug-likeness (QED) is 0.717. The molecule has 0 aliphatic rings. The van der Waals surface area contributed by atoms with Crippen molar-refractivity contribution >= 4 is 40.0 Å². The summed E-state index contributed by atoms with van der Waals surface area (Å²) in [4.78, 5) is 17.0. The predicted molar refractivity (Wildman–Crippen MR) is 90.5 cm³/mol. The molecule has 2 aromatic carbocycles. The molecule has 3 rings (SSSR count). The van der Waals surface area contributed by atoms with Gasteiger partial charge in [0, 0.05) is 24.5 Å². The topological polar surface area (TPSA) is 36.1 Å². The van der Waals surface area contributed by atoms with Crippen molar-refractivity contribution in [2.45, 2.75) is 6.54 Å². The summed E-state index contributed by atoms with van der Waals surface area (Å²) in [5.41, 5.74) is 1.87. The van der Waals surface area contributed by atoms with Gasteiger partial charge < -0.3 is 9.88 Å². The van der Waals surface area contributed by atoms with Crippen LogP contribution < -0.4 is 0 Å². The van der Waals surface area contributed by atoms with Crippen molar-refractivity contribution in [2.75, 3.05) is 7.05 Å². The van der Waals surface area contributed by atoms with Gasteiger partial charge in [0.1, 0.15) is 11.5 Å². The van der Waals surface area contributed by atoms with Crippen LogP contribution in [0, 0.1) is 5.82 Å². The van der Waals surface area contributed by atoms with Crippen molar-refractivity contribution in [3.63, 3.8) is 0 Å². The number of H-pyrrole nitrogens is 1. The SMILES string of the molecule is CN(Cc1cccc(Cl)c1Cl)C(=O)c1cc2cc(F)ccc2[nH]1. The standard InChI is InChI=1S/C17H13Cl2FN2O/c1-22(9-10-3-2-4-13(18)16(10)19)17(23)15-8-11-7-12(20)5-6-14(11)21-15/h2-8,21H,9H2,1H3. The zero-order valence-electron chi connectivity index (χ0n) is 12.2. The summed E-state index contributed by atoms with van der Waals surface area (Å²) in [6, 6.07) is 11.3. The largest absolute Gasteiger partial charge is 0.351 e. The number of nitrogens with zero attached hydrogens (tertiary/aromatic N) is 1. The number of hydrogen-bond acceptors (Lipinski definition) is 1. The van der Waals surface area contributed by atoms with E-state index in [4.69, 9.17) is 23.2 Å². The highest BCUT2D eigenvalue weighted by molar-refractivity contribution is 6.42. The number of benzene rings is 2. The minimum absolute atomic E-state index is 0.211. The molecule has 0 unspecified atom stereocenters. The molecule has 6 heteroatoms. The first kappa shape index (κ1) is 15.8. The van der Waals surface area contributed by atoms with Crippen LogP contribution in [-0.4, -0.2) is 22.8 Å². The van der Waals surface area contributed by atoms with Crippen molar-refractivity contribution in [1.29, 1.82) is 0 Å². The van der Waals surface area contributed by atoms with Crippen LogP contribution in [0.4, 0.5) is 4.39 Å². The van der Waals surface area contributed by atoms with Gasteiger partial charge in [0.15, 0.2) is 0 Å². The third-order valence-electron chi connectivity index (χ3n) is 3.60. The highest BCUT2D eigenvalue weighted by atomic mass is 35.5. The Kier molecular flexibility index (Phi) is 4.28. The average Bonchev–Trinajstić information content (AvgIpc) is 2.94. The van der Waals surface area contributed by atoms with Gasteiger partial charge >= 0.3 is 0 Å². The number of nitrogens with one attached hydrogen (secondary N) is 1. The summed E-state index contributed by atoms with van der Waals surface area (Å²) in [5, 5.41) is 1.54. The van der Waals surface area contributed by atoms with Gasteiger partial charge in [-0.2, -0.15) is 0 Å². The summed E-state index contributed by atoms with van der Waals surface area (Å²) in [6.45, 7) is 0.321. The average molecular weight is 351 g/mol. The van der Waals surface area contributed by atoms with Gasteiger partial charge in [-0.15, -0.1) is 0 Å². The molecular formula is C17H13Cl2FN2O. The Morgan fingerprint density at radius 3 is 2.78 bits per heavy atom. The lowest BCUT2D eigenvalue weighted by atomic mass is 10.2. The van der Waals surface area contributed by atoms with Crippen LogP contribution in [-0.2, 0) is 6.54 Å². The Hall–Kier alpha value is -2.04. The lowest BCUT2D eigenvalue weighted by molar-refractivity contribution is 0.0780. The normalized spacial score (nSPS) is 11.0. The highest BCUT2D eigenvalue weighted by Gasteiger charge is 2.16. The summed E-state index contributed by atoms with van der Waals surface area (Å²) in [6.07, 6.45) is 0. The van der Waals surface area contributed by atoms with Crippen LogP contribution in [0.15, 0.2) is 42.5 Å². The van der Waals surface area contributed by atoms with E-state index >= 15 is 0 Å². The minimum Gasteiger partial charge on any atom is -0.351 e. The van der Waals surface area contributed by atoms with Gasteiger partial charge in [-0.05, 0) is 35.9 Å². The summed E-state index contributed by atoms with van der Waals surface area (Å²) in [7, 11) is 1.67. The first-order chi connectivity index (χ1) is 11.0. The molecule has 0 radical (unpaired) electrons. The van der Waals surface area contributed by atoms with E-state index in [1.54, 1.807) is 31.3 Å². The summed E-state index contributed by atoms with van der Waals surface area (Å²) < 4.78 is 13.2. The zero-order chi connectivity index (χ0) is 16.6. The number of carbonyl (C=O) groups is 1. The lowest BCUT2D eigenvalue weighted by Crippen LogP contribution is -2.26. The number of rotatable bonds is 3. The highest BCUT2D eigenvalue weighted by Crippen LogP contribution is 2.26. The van der Waals surface area contributed by atoms with Crippen LogP contribution in [0.25, 0.3) is 10.9 Å². The number of halogens is 3. The fourth-order valence-corrected chi connectivity index (χ4v) is 2.80. The maximum atomic E-state index is 13.2. The summed E-state index contributed by atoms with van der Waals surface area (Å²) >= 11 is 12.1. The van der Waals surface area contributed by atoms with Gasteiger partial charge in [-0.1, -0.05) is 35.3 Å². The van der Waals surface area contributed by atoms with Crippen LogP contribution in [0.2, 0.25) is 10.0 Å². The zero-order valence-corrected chi connectivity index (χ0v) is 13.7. The number of aromatic nitrogens is 1. The van der Waals surface area contributed by atoms with Crippen LogP contribution >= 0.6 is 23.2 Å². The van der Waals surface area contributed by atoms with Crippen LogP contribution in [0.5, 0.6) is 0 Å². The van der Waals surface area contributed by atoms with Gasteiger partial charge in [-0.3, -0.25) is 4.79 Å². The maximum absolute atomic E-state index is 13.2. The molecule has 0 aliphatic heterocycles. The van der Waals surface area contributed by atoms with Crippen molar-refractivity contribution in [3.05, 3.63) is 69.6 Å². The molecule has 0 spiro atoms. The number of carbonyl (C=O) groups excluding carboxylic acids is 1. The molecule has 0 fully saturated rings. The molecule has 1 heterocycles. The Labute approximate surface area is 142 Å². The fraction of sp³-hybridized carbons (Fsp3) is 0.118. The lowest BCUT2D eigenvalue weighted by Gasteiger charge is -2.17. The van der Waals surface area contributed by atoms with Gasteiger partial charge in [0.25, 0.3) is 5.91 Å². The molecule has 0 bridgehead atoms. The van der Waals surface area contributed by atoms with E-state index in [2.05, 4.69) is 4.98 Å². The smallest absolute Gasteiger partial charge is 0.270 e. The Balaban J connectivity index is 1.84. The van der Waals surface area contributed by atoms with E-state index in [0.717, 1.165) is 5.56 Å². The van der Waals surface area contributed by atoms with Gasteiger partial charge in [-0.25, -0.2) is 4.39 Å². The van der Waals surface area contributed by atoms with E-state index in [1.165, 1.54) is 17.0 Å². The van der Waals surface area contributed by atoms with E-state index in [1.807, 2.05) is 6.07 Å². The Bertz CT molecular complexity index is 891. The predicted octanol–water partition coefficient (Wildman–Crippen LogP) is 4.89. The second-order valence-corrected chi connectivity index (χ2v) is 6.07. The number of aromatic amines is 1. The van der Waals surface area contributed by atoms with E-state index in [0.29, 0.717) is 33.2 Å². The van der Waals surface area contributed by atoms with Crippen molar-refractivity contribution in [3.8, 4) is 0 Å². The van der Waals surface area contributed by atoms with Crippen molar-refractivity contribution in [1.82, 2.24) is 9.88 Å². The first-order valence-corrected chi connectivity index (χ1v) is 7.68. The molecule has 1 aromatic heterocycles. The van der Waals surface area contributed by atoms with Crippen LogP contribution in [0.3, 0.4) is 0 Å². The molecule has 0 aliphatic carbocycles. The molecule has 23 heavy (non-hydrogen) atoms. The second-order valence-electron chi connectivity index (χ2n) is 5.29. The fourth-order valence-electron chi connectivity index (χ4n) is 2.42. The van der Waals surface area contributed by atoms with Crippen molar-refractivity contribution < 1.29 is 9.18 Å².